The fourth-order valence-corrected chi connectivity index (χ4v) is 5.52. The van der Waals surface area contributed by atoms with Gasteiger partial charge in [-0.05, 0) is 66.8 Å². The summed E-state index contributed by atoms with van der Waals surface area (Å²) in [6.07, 6.45) is 6.99. The first-order valence-corrected chi connectivity index (χ1v) is 17.5. The first kappa shape index (κ1) is 37.2. The summed E-state index contributed by atoms with van der Waals surface area (Å²) in [6, 6.07) is 20.9. The molecule has 0 bridgehead atoms. The number of fused-ring (bicyclic) bond motifs is 1. The molecule has 51 heavy (non-hydrogen) atoms. The second kappa shape index (κ2) is 19.9. The van der Waals surface area contributed by atoms with Gasteiger partial charge in [0.15, 0.2) is 5.95 Å². The minimum absolute atomic E-state index is 0.0598. The predicted molar refractivity (Wildman–Crippen MR) is 198 cm³/mol. The third-order valence-electron chi connectivity index (χ3n) is 8.35. The number of carbonyl (C=O) groups excluding carboxylic acids is 1. The molecule has 6 N–H and O–H groups in total. The van der Waals surface area contributed by atoms with Crippen LogP contribution in [-0.4, -0.2) is 88.8 Å². The van der Waals surface area contributed by atoms with Crippen LogP contribution < -0.4 is 21.3 Å². The smallest absolute Gasteiger partial charge is 0.322 e. The molecule has 3 aromatic carbocycles. The SMILES string of the molecule is CCOCCOCCCNCc1ccc(-c2ccc(CNC(CNC(=O)c3ccc4c(cnn4CCCNc4ncc[nH]4)c3)C(=O)O)cc2)cc1. The zero-order chi connectivity index (χ0) is 35.7. The molecule has 270 valence electrons. The number of ether oxygens (including phenoxy) is 2. The molecule has 2 aromatic heterocycles. The Bertz CT molecular complexity index is 1770. The van der Waals surface area contributed by atoms with Gasteiger partial charge < -0.3 is 35.5 Å². The number of anilines is 1. The summed E-state index contributed by atoms with van der Waals surface area (Å²) in [7, 11) is 0. The van der Waals surface area contributed by atoms with E-state index < -0.39 is 12.0 Å². The predicted octanol–water partition coefficient (Wildman–Crippen LogP) is 4.43. The second-order valence-corrected chi connectivity index (χ2v) is 12.1. The summed E-state index contributed by atoms with van der Waals surface area (Å²) < 4.78 is 12.7. The average molecular weight is 697 g/mol. The molecule has 0 fully saturated rings. The van der Waals surface area contributed by atoms with E-state index in [9.17, 15) is 14.7 Å². The van der Waals surface area contributed by atoms with Crippen LogP contribution in [0.5, 0.6) is 0 Å². The van der Waals surface area contributed by atoms with E-state index >= 15 is 0 Å². The Morgan fingerprint density at radius 1 is 0.902 bits per heavy atom. The molecule has 5 aromatic rings. The number of hydrogen-bond donors (Lipinski definition) is 6. The van der Waals surface area contributed by atoms with Crippen LogP contribution in [0.15, 0.2) is 85.3 Å². The van der Waals surface area contributed by atoms with Crippen molar-refractivity contribution < 1.29 is 24.2 Å². The Balaban J connectivity index is 1.02. The summed E-state index contributed by atoms with van der Waals surface area (Å²) in [4.78, 5) is 32.1. The monoisotopic (exact) mass is 696 g/mol. The molecule has 2 heterocycles. The highest BCUT2D eigenvalue weighted by Crippen LogP contribution is 2.21. The molecule has 13 nitrogen and oxygen atoms in total. The maximum atomic E-state index is 13.0. The third kappa shape index (κ3) is 11.7. The summed E-state index contributed by atoms with van der Waals surface area (Å²) in [5.74, 6) is -0.647. The lowest BCUT2D eigenvalue weighted by Crippen LogP contribution is -2.45. The number of H-pyrrole nitrogens is 1. The number of rotatable bonds is 23. The van der Waals surface area contributed by atoms with Crippen molar-refractivity contribution in [1.29, 1.82) is 0 Å². The number of aryl methyl sites for hydroxylation is 1. The molecule has 0 spiro atoms. The molecule has 0 saturated carbocycles. The summed E-state index contributed by atoms with van der Waals surface area (Å²) in [6.45, 7) is 8.10. The first-order valence-electron chi connectivity index (χ1n) is 17.5. The fraction of sp³-hybridized carbons (Fsp3) is 0.368. The largest absolute Gasteiger partial charge is 0.480 e. The van der Waals surface area contributed by atoms with Crippen molar-refractivity contribution in [2.45, 2.75) is 45.4 Å². The normalized spacial score (nSPS) is 11.9. The number of amides is 1. The second-order valence-electron chi connectivity index (χ2n) is 12.1. The Hall–Kier alpha value is -5.08. The fourth-order valence-electron chi connectivity index (χ4n) is 5.52. The van der Waals surface area contributed by atoms with Crippen LogP contribution in [0, 0.1) is 0 Å². The number of carbonyl (C=O) groups is 2. The first-order chi connectivity index (χ1) is 25.0. The lowest BCUT2D eigenvalue weighted by molar-refractivity contribution is -0.139. The number of hydrogen-bond acceptors (Lipinski definition) is 9. The number of aromatic nitrogens is 4. The summed E-state index contributed by atoms with van der Waals surface area (Å²) in [5, 5.41) is 27.6. The third-order valence-corrected chi connectivity index (χ3v) is 8.35. The highest BCUT2D eigenvalue weighted by molar-refractivity contribution is 5.98. The van der Waals surface area contributed by atoms with Crippen molar-refractivity contribution in [2.24, 2.45) is 0 Å². The Kier molecular flexibility index (Phi) is 14.5. The van der Waals surface area contributed by atoms with Gasteiger partial charge in [-0.25, -0.2) is 4.98 Å². The van der Waals surface area contributed by atoms with Gasteiger partial charge in [0.25, 0.3) is 5.91 Å². The molecule has 0 saturated heterocycles. The molecular weight excluding hydrogens is 648 g/mol. The van der Waals surface area contributed by atoms with Crippen molar-refractivity contribution in [1.82, 2.24) is 35.7 Å². The van der Waals surface area contributed by atoms with Crippen LogP contribution in [0.1, 0.15) is 41.3 Å². The van der Waals surface area contributed by atoms with Crippen molar-refractivity contribution in [3.05, 3.63) is 102 Å². The van der Waals surface area contributed by atoms with Gasteiger partial charge in [0.2, 0.25) is 0 Å². The number of carboxylic acid groups (broad SMARTS) is 1. The van der Waals surface area contributed by atoms with E-state index in [1.165, 1.54) is 5.56 Å². The van der Waals surface area contributed by atoms with Crippen LogP contribution in [-0.2, 0) is 33.9 Å². The molecular formula is C38H48N8O5. The topological polar surface area (TPSA) is 167 Å². The van der Waals surface area contributed by atoms with Crippen LogP contribution >= 0.6 is 0 Å². The number of aromatic amines is 1. The van der Waals surface area contributed by atoms with Crippen LogP contribution in [0.25, 0.3) is 22.0 Å². The van der Waals surface area contributed by atoms with Crippen LogP contribution in [0.3, 0.4) is 0 Å². The number of aliphatic carboxylic acids is 1. The molecule has 0 aliphatic rings. The van der Waals surface area contributed by atoms with E-state index in [1.54, 1.807) is 30.7 Å². The van der Waals surface area contributed by atoms with Gasteiger partial charge in [0.1, 0.15) is 6.04 Å². The quantitative estimate of drug-likeness (QED) is 0.0538. The van der Waals surface area contributed by atoms with Crippen LogP contribution in [0.2, 0.25) is 0 Å². The molecule has 0 aliphatic carbocycles. The van der Waals surface area contributed by atoms with Gasteiger partial charge in [-0.15, -0.1) is 0 Å². The minimum Gasteiger partial charge on any atom is -0.480 e. The van der Waals surface area contributed by atoms with Gasteiger partial charge in [0, 0.05) is 69.3 Å². The summed E-state index contributed by atoms with van der Waals surface area (Å²) in [5.41, 5.74) is 5.71. The van der Waals surface area contributed by atoms with E-state index in [4.69, 9.17) is 9.47 Å². The van der Waals surface area contributed by atoms with Crippen molar-refractivity contribution >= 4 is 28.7 Å². The Morgan fingerprint density at radius 3 is 2.35 bits per heavy atom. The maximum Gasteiger partial charge on any atom is 0.322 e. The Morgan fingerprint density at radius 2 is 1.65 bits per heavy atom. The minimum atomic E-state index is -1.04. The van der Waals surface area contributed by atoms with Gasteiger partial charge in [-0.3, -0.25) is 19.6 Å². The molecule has 1 atom stereocenters. The number of carboxylic acids is 1. The van der Waals surface area contributed by atoms with E-state index in [2.05, 4.69) is 60.6 Å². The van der Waals surface area contributed by atoms with Crippen LogP contribution in [0.4, 0.5) is 5.95 Å². The molecule has 5 rings (SSSR count). The number of nitrogens with zero attached hydrogens (tertiary/aromatic N) is 3. The molecule has 1 amide bonds. The van der Waals surface area contributed by atoms with E-state index in [0.29, 0.717) is 38.5 Å². The highest BCUT2D eigenvalue weighted by atomic mass is 16.5. The number of imidazole rings is 1. The maximum absolute atomic E-state index is 13.0. The van der Waals surface area contributed by atoms with Gasteiger partial charge in [-0.1, -0.05) is 48.5 Å². The van der Waals surface area contributed by atoms with Crippen molar-refractivity contribution in [2.75, 3.05) is 51.4 Å². The zero-order valence-corrected chi connectivity index (χ0v) is 29.1. The van der Waals surface area contributed by atoms with E-state index in [-0.39, 0.29) is 12.5 Å². The van der Waals surface area contributed by atoms with Crippen molar-refractivity contribution in [3.63, 3.8) is 0 Å². The molecule has 1 unspecified atom stereocenters. The highest BCUT2D eigenvalue weighted by Gasteiger charge is 2.19. The number of benzene rings is 3. The standard InChI is InChI=1S/C38H48N8O5/c1-2-50-21-22-51-20-4-15-39-24-28-5-9-30(10-6-28)31-11-7-29(8-12-31)25-43-34(37(48)49)27-44-36(47)32-13-14-35-33(23-32)26-45-46(35)19-3-16-40-38-41-17-18-42-38/h5-14,17-18,23,26,34,39,43H,2-4,15-16,19-22,24-25,27H2,1H3,(H,44,47)(H,48,49)(H2,40,41,42). The molecule has 0 aliphatic heterocycles. The average Bonchev–Trinajstić information content (AvgIpc) is 3.83. The van der Waals surface area contributed by atoms with E-state index in [1.807, 2.05) is 41.9 Å². The van der Waals surface area contributed by atoms with Gasteiger partial charge in [0.05, 0.1) is 24.9 Å². The van der Waals surface area contributed by atoms with E-state index in [0.717, 1.165) is 72.6 Å². The number of nitrogens with one attached hydrogen (secondary N) is 5. The Labute approximate surface area is 298 Å². The summed E-state index contributed by atoms with van der Waals surface area (Å²) >= 11 is 0. The molecule has 13 heteroatoms. The lowest BCUT2D eigenvalue weighted by Gasteiger charge is -2.16. The van der Waals surface area contributed by atoms with Gasteiger partial charge in [-0.2, -0.15) is 5.10 Å². The molecule has 0 radical (unpaired) electrons. The van der Waals surface area contributed by atoms with Gasteiger partial charge >= 0.3 is 5.97 Å². The lowest BCUT2D eigenvalue weighted by atomic mass is 10.0. The zero-order valence-electron chi connectivity index (χ0n) is 29.1. The van der Waals surface area contributed by atoms with Crippen molar-refractivity contribution in [3.8, 4) is 11.1 Å².